The van der Waals surface area contributed by atoms with E-state index in [1.807, 2.05) is 29.2 Å². The monoisotopic (exact) mass is 430 g/mol. The first-order chi connectivity index (χ1) is 15.7. The van der Waals surface area contributed by atoms with Crippen LogP contribution in [0.25, 0.3) is 10.9 Å². The van der Waals surface area contributed by atoms with E-state index < -0.39 is 0 Å². The summed E-state index contributed by atoms with van der Waals surface area (Å²) in [4.78, 5) is 19.3. The zero-order chi connectivity index (χ0) is 22.1. The number of benzene rings is 2. The zero-order valence-corrected chi connectivity index (χ0v) is 18.8. The SMILES string of the molecule is COc1cccc(C2c3[nH]c4ccccc4c3CCN2C(=O)CC2=CCCCC2)c1OC. The number of para-hydroxylation sites is 2. The number of hydrogen-bond acceptors (Lipinski definition) is 3. The number of allylic oxidation sites excluding steroid dienone is 1. The Morgan fingerprint density at radius 3 is 2.72 bits per heavy atom. The molecule has 1 N–H and O–H groups in total. The van der Waals surface area contributed by atoms with Crippen LogP contribution in [-0.2, 0) is 11.2 Å². The Balaban J connectivity index is 1.63. The number of aromatic amines is 1. The van der Waals surface area contributed by atoms with Crippen LogP contribution in [-0.4, -0.2) is 36.6 Å². The number of carbonyl (C=O) groups is 1. The fourth-order valence-electron chi connectivity index (χ4n) is 5.32. The van der Waals surface area contributed by atoms with Gasteiger partial charge in [-0.2, -0.15) is 0 Å². The second kappa shape index (κ2) is 8.73. The molecule has 0 fully saturated rings. The molecule has 2 heterocycles. The Labute approximate surface area is 189 Å². The highest BCUT2D eigenvalue weighted by Crippen LogP contribution is 2.44. The Kier molecular flexibility index (Phi) is 5.64. The number of methoxy groups -OCH3 is 2. The van der Waals surface area contributed by atoms with Crippen LogP contribution in [0.15, 0.2) is 54.1 Å². The smallest absolute Gasteiger partial charge is 0.227 e. The van der Waals surface area contributed by atoms with E-state index in [-0.39, 0.29) is 11.9 Å². The van der Waals surface area contributed by atoms with E-state index in [9.17, 15) is 4.79 Å². The highest BCUT2D eigenvalue weighted by atomic mass is 16.5. The second-order valence-electron chi connectivity index (χ2n) is 8.67. The van der Waals surface area contributed by atoms with Gasteiger partial charge in [0.05, 0.1) is 14.2 Å². The molecule has 1 aromatic heterocycles. The minimum atomic E-state index is -0.243. The van der Waals surface area contributed by atoms with Gasteiger partial charge in [-0.25, -0.2) is 0 Å². The molecule has 3 aromatic rings. The molecule has 0 radical (unpaired) electrons. The van der Waals surface area contributed by atoms with Gasteiger partial charge in [-0.05, 0) is 49.8 Å². The maximum Gasteiger partial charge on any atom is 0.227 e. The van der Waals surface area contributed by atoms with Gasteiger partial charge in [0.2, 0.25) is 5.91 Å². The highest BCUT2D eigenvalue weighted by Gasteiger charge is 2.36. The van der Waals surface area contributed by atoms with Gasteiger partial charge in [0.15, 0.2) is 11.5 Å². The summed E-state index contributed by atoms with van der Waals surface area (Å²) in [5.41, 5.74) is 5.70. The molecule has 166 valence electrons. The summed E-state index contributed by atoms with van der Waals surface area (Å²) < 4.78 is 11.4. The first-order valence-electron chi connectivity index (χ1n) is 11.5. The Bertz CT molecular complexity index is 1180. The average molecular weight is 431 g/mol. The molecule has 2 aliphatic rings. The van der Waals surface area contributed by atoms with Gasteiger partial charge in [0.1, 0.15) is 6.04 Å². The number of fused-ring (bicyclic) bond motifs is 3. The first-order valence-corrected chi connectivity index (χ1v) is 11.5. The van der Waals surface area contributed by atoms with Crippen LogP contribution < -0.4 is 9.47 Å². The molecular formula is C27H30N2O3. The van der Waals surface area contributed by atoms with Gasteiger partial charge >= 0.3 is 0 Å². The molecule has 1 amide bonds. The van der Waals surface area contributed by atoms with Crippen molar-refractivity contribution in [3.63, 3.8) is 0 Å². The molecule has 5 nitrogen and oxygen atoms in total. The molecule has 0 spiro atoms. The lowest BCUT2D eigenvalue weighted by molar-refractivity contribution is -0.132. The lowest BCUT2D eigenvalue weighted by atomic mass is 9.90. The summed E-state index contributed by atoms with van der Waals surface area (Å²) >= 11 is 0. The fraction of sp³-hybridized carbons (Fsp3) is 0.370. The molecule has 5 heteroatoms. The van der Waals surface area contributed by atoms with Crippen LogP contribution in [0.4, 0.5) is 0 Å². The number of carbonyl (C=O) groups excluding carboxylic acids is 1. The molecule has 5 rings (SSSR count). The van der Waals surface area contributed by atoms with Gasteiger partial charge in [0.25, 0.3) is 0 Å². The minimum absolute atomic E-state index is 0.178. The normalized spacial score (nSPS) is 18.2. The lowest BCUT2D eigenvalue weighted by Gasteiger charge is -2.37. The summed E-state index contributed by atoms with van der Waals surface area (Å²) in [6, 6.07) is 14.1. The van der Waals surface area contributed by atoms with Crippen molar-refractivity contribution in [1.29, 1.82) is 0 Å². The van der Waals surface area contributed by atoms with Crippen molar-refractivity contribution in [2.24, 2.45) is 0 Å². The lowest BCUT2D eigenvalue weighted by Crippen LogP contribution is -2.41. The van der Waals surface area contributed by atoms with Crippen molar-refractivity contribution in [2.45, 2.75) is 44.6 Å². The number of nitrogens with zero attached hydrogens (tertiary/aromatic N) is 1. The largest absolute Gasteiger partial charge is 0.493 e. The van der Waals surface area contributed by atoms with Crippen molar-refractivity contribution >= 4 is 16.8 Å². The predicted octanol–water partition coefficient (Wildman–Crippen LogP) is 5.55. The van der Waals surface area contributed by atoms with Gasteiger partial charge in [-0.15, -0.1) is 0 Å². The standard InChI is InChI=1S/C27H30N2O3/c1-31-23-14-8-12-21(27(23)32-2)26-25-20(19-11-6-7-13-22(19)28-25)15-16-29(26)24(30)17-18-9-4-3-5-10-18/h6-9,11-14,26,28H,3-5,10,15-17H2,1-2H3. The van der Waals surface area contributed by atoms with Crippen molar-refractivity contribution < 1.29 is 14.3 Å². The summed E-state index contributed by atoms with van der Waals surface area (Å²) in [5, 5.41) is 1.23. The summed E-state index contributed by atoms with van der Waals surface area (Å²) in [6.07, 6.45) is 8.13. The van der Waals surface area contributed by atoms with Crippen molar-refractivity contribution in [3.8, 4) is 11.5 Å². The van der Waals surface area contributed by atoms with Crippen LogP contribution in [0.1, 0.15) is 55.0 Å². The molecule has 0 saturated heterocycles. The number of hydrogen-bond donors (Lipinski definition) is 1. The number of H-pyrrole nitrogens is 1. The predicted molar refractivity (Wildman–Crippen MR) is 126 cm³/mol. The summed E-state index contributed by atoms with van der Waals surface area (Å²) in [6.45, 7) is 0.686. The van der Waals surface area contributed by atoms with Crippen LogP contribution in [0, 0.1) is 0 Å². The Hall–Kier alpha value is -3.21. The minimum Gasteiger partial charge on any atom is -0.493 e. The third-order valence-electron chi connectivity index (χ3n) is 6.85. The maximum atomic E-state index is 13.6. The van der Waals surface area contributed by atoms with Gasteiger partial charge in [-0.3, -0.25) is 4.79 Å². The molecule has 32 heavy (non-hydrogen) atoms. The van der Waals surface area contributed by atoms with Crippen molar-refractivity contribution in [2.75, 3.05) is 20.8 Å². The van der Waals surface area contributed by atoms with E-state index in [0.717, 1.165) is 36.0 Å². The van der Waals surface area contributed by atoms with Crippen LogP contribution in [0.5, 0.6) is 11.5 Å². The third kappa shape index (κ3) is 3.56. The molecule has 1 aliphatic heterocycles. The van der Waals surface area contributed by atoms with Crippen LogP contribution >= 0.6 is 0 Å². The number of aromatic nitrogens is 1. The average Bonchev–Trinajstić information content (AvgIpc) is 3.22. The summed E-state index contributed by atoms with van der Waals surface area (Å²) in [7, 11) is 3.31. The molecule has 1 aliphatic carbocycles. The van der Waals surface area contributed by atoms with Gasteiger partial charge < -0.3 is 19.4 Å². The molecule has 0 bridgehead atoms. The van der Waals surface area contributed by atoms with Gasteiger partial charge in [-0.1, -0.05) is 42.0 Å². The molecule has 1 atom stereocenters. The number of amides is 1. The molecule has 1 unspecified atom stereocenters. The first kappa shape index (κ1) is 20.7. The number of rotatable bonds is 5. The van der Waals surface area contributed by atoms with E-state index >= 15 is 0 Å². The van der Waals surface area contributed by atoms with E-state index in [4.69, 9.17) is 9.47 Å². The molecular weight excluding hydrogens is 400 g/mol. The topological polar surface area (TPSA) is 54.6 Å². The van der Waals surface area contributed by atoms with E-state index in [2.05, 4.69) is 29.3 Å². The third-order valence-corrected chi connectivity index (χ3v) is 6.85. The van der Waals surface area contributed by atoms with Gasteiger partial charge in [0, 0.05) is 35.1 Å². The number of ether oxygens (including phenoxy) is 2. The van der Waals surface area contributed by atoms with Crippen LogP contribution in [0.2, 0.25) is 0 Å². The van der Waals surface area contributed by atoms with E-state index in [0.29, 0.717) is 24.5 Å². The maximum absolute atomic E-state index is 13.6. The van der Waals surface area contributed by atoms with Crippen LogP contribution in [0.3, 0.4) is 0 Å². The second-order valence-corrected chi connectivity index (χ2v) is 8.67. The van der Waals surface area contributed by atoms with Crippen molar-refractivity contribution in [1.82, 2.24) is 9.88 Å². The fourth-order valence-corrected chi connectivity index (χ4v) is 5.32. The Morgan fingerprint density at radius 2 is 1.94 bits per heavy atom. The molecule has 2 aromatic carbocycles. The van der Waals surface area contributed by atoms with Crippen molar-refractivity contribution in [3.05, 3.63) is 70.9 Å². The quantitative estimate of drug-likeness (QED) is 0.540. The van der Waals surface area contributed by atoms with E-state index in [1.165, 1.54) is 29.4 Å². The zero-order valence-electron chi connectivity index (χ0n) is 18.8. The van der Waals surface area contributed by atoms with E-state index in [1.54, 1.807) is 14.2 Å². The highest BCUT2D eigenvalue weighted by molar-refractivity contribution is 5.87. The Morgan fingerprint density at radius 1 is 1.06 bits per heavy atom. The summed E-state index contributed by atoms with van der Waals surface area (Å²) in [5.74, 6) is 1.54. The number of nitrogens with one attached hydrogen (secondary N) is 1. The molecule has 0 saturated carbocycles.